The van der Waals surface area contributed by atoms with Crippen LogP contribution in [-0.2, 0) is 9.59 Å². The maximum atomic E-state index is 12.0. The second-order valence-corrected chi connectivity index (χ2v) is 5.54. The number of hydrogen-bond donors (Lipinski definition) is 1. The predicted molar refractivity (Wildman–Crippen MR) is 78.6 cm³/mol. The molecule has 1 saturated heterocycles. The number of methoxy groups -OCH3 is 1. The average molecular weight is 294 g/mol. The maximum absolute atomic E-state index is 12.0. The van der Waals surface area contributed by atoms with E-state index in [1.165, 1.54) is 6.92 Å². The van der Waals surface area contributed by atoms with E-state index in [4.69, 9.17) is 4.74 Å². The average Bonchev–Trinajstić information content (AvgIpc) is 2.80. The van der Waals surface area contributed by atoms with Gasteiger partial charge in [0, 0.05) is 25.6 Å². The Kier molecular flexibility index (Phi) is 4.89. The largest absolute Gasteiger partial charge is 0.496 e. The predicted octanol–water partition coefficient (Wildman–Crippen LogP) is 1.41. The molecule has 1 N–H and O–H groups in total. The van der Waals surface area contributed by atoms with Gasteiger partial charge in [-0.2, -0.15) is 0 Å². The van der Waals surface area contributed by atoms with Gasteiger partial charge in [0.05, 0.1) is 12.9 Å². The van der Waals surface area contributed by atoms with Gasteiger partial charge in [0.15, 0.2) is 0 Å². The molecule has 2 rings (SSSR count). The number of carbonyl (C=O) groups excluding carboxylic acids is 2. The molecule has 0 radical (unpaired) electrons. The van der Waals surface area contributed by atoms with Crippen LogP contribution in [0.2, 0.25) is 0 Å². The fourth-order valence-electron chi connectivity index (χ4n) is 2.18. The van der Waals surface area contributed by atoms with Crippen LogP contribution in [0.1, 0.15) is 17.9 Å². The number of thioether (sulfide) groups is 1. The molecule has 6 heteroatoms. The van der Waals surface area contributed by atoms with Crippen LogP contribution >= 0.6 is 11.8 Å². The lowest BCUT2D eigenvalue weighted by atomic mass is 10.2. The lowest BCUT2D eigenvalue weighted by Crippen LogP contribution is -2.36. The zero-order valence-electron chi connectivity index (χ0n) is 11.6. The van der Waals surface area contributed by atoms with Crippen molar-refractivity contribution >= 4 is 23.6 Å². The SMILES string of the molecule is COc1ccccc1C1SCC(=O)N1CCNC(C)=O. The van der Waals surface area contributed by atoms with Gasteiger partial charge in [0.25, 0.3) is 0 Å². The van der Waals surface area contributed by atoms with Crippen LogP contribution in [-0.4, -0.2) is 42.7 Å². The molecular weight excluding hydrogens is 276 g/mol. The van der Waals surface area contributed by atoms with Crippen LogP contribution in [0, 0.1) is 0 Å². The van der Waals surface area contributed by atoms with Gasteiger partial charge in [0.1, 0.15) is 11.1 Å². The van der Waals surface area contributed by atoms with Crippen molar-refractivity contribution in [1.82, 2.24) is 10.2 Å². The highest BCUT2D eigenvalue weighted by molar-refractivity contribution is 8.00. The number of ether oxygens (including phenoxy) is 1. The first-order valence-corrected chi connectivity index (χ1v) is 7.46. The molecule has 1 aromatic carbocycles. The second-order valence-electron chi connectivity index (χ2n) is 4.48. The molecule has 1 aliphatic heterocycles. The molecule has 0 aromatic heterocycles. The molecule has 108 valence electrons. The highest BCUT2D eigenvalue weighted by atomic mass is 32.2. The van der Waals surface area contributed by atoms with Crippen LogP contribution < -0.4 is 10.1 Å². The molecular formula is C14H18N2O3S. The molecule has 0 bridgehead atoms. The summed E-state index contributed by atoms with van der Waals surface area (Å²) in [5.41, 5.74) is 0.994. The van der Waals surface area contributed by atoms with Gasteiger partial charge in [-0.05, 0) is 6.07 Å². The zero-order chi connectivity index (χ0) is 14.5. The van der Waals surface area contributed by atoms with Crippen molar-refractivity contribution in [2.24, 2.45) is 0 Å². The van der Waals surface area contributed by atoms with Crippen molar-refractivity contribution in [2.45, 2.75) is 12.3 Å². The monoisotopic (exact) mass is 294 g/mol. The molecule has 1 atom stereocenters. The zero-order valence-corrected chi connectivity index (χ0v) is 12.4. The minimum atomic E-state index is -0.0851. The van der Waals surface area contributed by atoms with Gasteiger partial charge in [-0.15, -0.1) is 11.8 Å². The van der Waals surface area contributed by atoms with Crippen molar-refractivity contribution in [3.05, 3.63) is 29.8 Å². The topological polar surface area (TPSA) is 58.6 Å². The Morgan fingerprint density at radius 3 is 2.95 bits per heavy atom. The lowest BCUT2D eigenvalue weighted by Gasteiger charge is -2.25. The van der Waals surface area contributed by atoms with Gasteiger partial charge in [-0.25, -0.2) is 0 Å². The minimum absolute atomic E-state index is 0.0487. The first-order valence-electron chi connectivity index (χ1n) is 6.42. The van der Waals surface area contributed by atoms with Crippen molar-refractivity contribution in [1.29, 1.82) is 0 Å². The van der Waals surface area contributed by atoms with E-state index in [0.717, 1.165) is 11.3 Å². The Bertz CT molecular complexity index is 507. The standard InChI is InChI=1S/C14H18N2O3S/c1-10(17)15-7-8-16-13(18)9-20-14(16)11-5-3-4-6-12(11)19-2/h3-6,14H,7-9H2,1-2H3,(H,15,17). The second kappa shape index (κ2) is 6.65. The Morgan fingerprint density at radius 1 is 1.50 bits per heavy atom. The van der Waals surface area contributed by atoms with E-state index in [9.17, 15) is 9.59 Å². The quantitative estimate of drug-likeness (QED) is 0.892. The summed E-state index contributed by atoms with van der Waals surface area (Å²) in [6.45, 7) is 2.44. The van der Waals surface area contributed by atoms with E-state index >= 15 is 0 Å². The van der Waals surface area contributed by atoms with E-state index in [0.29, 0.717) is 18.8 Å². The Balaban J connectivity index is 2.13. The van der Waals surface area contributed by atoms with Gasteiger partial charge in [-0.3, -0.25) is 9.59 Å². The number of rotatable bonds is 5. The van der Waals surface area contributed by atoms with Gasteiger partial charge < -0.3 is 15.0 Å². The van der Waals surface area contributed by atoms with Crippen LogP contribution in [0.15, 0.2) is 24.3 Å². The van der Waals surface area contributed by atoms with Crippen molar-refractivity contribution in [3.8, 4) is 5.75 Å². The molecule has 2 amide bonds. The number of carbonyl (C=O) groups is 2. The van der Waals surface area contributed by atoms with Crippen molar-refractivity contribution in [2.75, 3.05) is 26.0 Å². The number of benzene rings is 1. The number of para-hydroxylation sites is 1. The third kappa shape index (κ3) is 3.25. The highest BCUT2D eigenvalue weighted by Gasteiger charge is 2.33. The van der Waals surface area contributed by atoms with Crippen LogP contribution in [0.5, 0.6) is 5.75 Å². The van der Waals surface area contributed by atoms with E-state index in [-0.39, 0.29) is 17.2 Å². The third-order valence-corrected chi connectivity index (χ3v) is 4.34. The summed E-state index contributed by atoms with van der Waals surface area (Å²) in [6, 6.07) is 7.71. The van der Waals surface area contributed by atoms with Gasteiger partial charge in [0.2, 0.25) is 11.8 Å². The van der Waals surface area contributed by atoms with Crippen LogP contribution in [0.3, 0.4) is 0 Å². The molecule has 5 nitrogen and oxygen atoms in total. The van der Waals surface area contributed by atoms with Crippen LogP contribution in [0.4, 0.5) is 0 Å². The third-order valence-electron chi connectivity index (χ3n) is 3.10. The van der Waals surface area contributed by atoms with Crippen LogP contribution in [0.25, 0.3) is 0 Å². The summed E-state index contributed by atoms with van der Waals surface area (Å²) in [5.74, 6) is 1.25. The molecule has 0 aliphatic carbocycles. The molecule has 0 saturated carbocycles. The summed E-state index contributed by atoms with van der Waals surface area (Å²) in [7, 11) is 1.63. The number of nitrogens with one attached hydrogen (secondary N) is 1. The summed E-state index contributed by atoms with van der Waals surface area (Å²) in [5, 5.41) is 2.67. The fourth-order valence-corrected chi connectivity index (χ4v) is 3.42. The number of amides is 2. The smallest absolute Gasteiger partial charge is 0.233 e. The minimum Gasteiger partial charge on any atom is -0.496 e. The van der Waals surface area contributed by atoms with Gasteiger partial charge >= 0.3 is 0 Å². The summed E-state index contributed by atoms with van der Waals surface area (Å²) in [4.78, 5) is 24.7. The van der Waals surface area contributed by atoms with Crippen molar-refractivity contribution < 1.29 is 14.3 Å². The molecule has 0 spiro atoms. The number of nitrogens with zero attached hydrogens (tertiary/aromatic N) is 1. The molecule has 1 fully saturated rings. The van der Waals surface area contributed by atoms with E-state index in [1.54, 1.807) is 23.8 Å². The van der Waals surface area contributed by atoms with Gasteiger partial charge in [-0.1, -0.05) is 18.2 Å². The Hall–Kier alpha value is -1.69. The number of hydrogen-bond acceptors (Lipinski definition) is 4. The lowest BCUT2D eigenvalue weighted by molar-refractivity contribution is -0.128. The molecule has 20 heavy (non-hydrogen) atoms. The first-order chi connectivity index (χ1) is 9.63. The summed E-state index contributed by atoms with van der Waals surface area (Å²) >= 11 is 1.58. The maximum Gasteiger partial charge on any atom is 0.233 e. The van der Waals surface area contributed by atoms with E-state index in [1.807, 2.05) is 24.3 Å². The van der Waals surface area contributed by atoms with E-state index in [2.05, 4.69) is 5.32 Å². The van der Waals surface area contributed by atoms with Crippen molar-refractivity contribution in [3.63, 3.8) is 0 Å². The highest BCUT2D eigenvalue weighted by Crippen LogP contribution is 2.41. The molecule has 1 aliphatic rings. The Morgan fingerprint density at radius 2 is 2.25 bits per heavy atom. The summed E-state index contributed by atoms with van der Waals surface area (Å²) < 4.78 is 5.36. The summed E-state index contributed by atoms with van der Waals surface area (Å²) in [6.07, 6.45) is 0. The molecule has 1 heterocycles. The Labute approximate surface area is 122 Å². The van der Waals surface area contributed by atoms with E-state index < -0.39 is 0 Å². The molecule has 1 unspecified atom stereocenters. The fraction of sp³-hybridized carbons (Fsp3) is 0.429. The normalized spacial score (nSPS) is 18.2. The first kappa shape index (κ1) is 14.7. The molecule has 1 aromatic rings.